The van der Waals surface area contributed by atoms with Gasteiger partial charge in [-0.3, -0.25) is 0 Å². The van der Waals surface area contributed by atoms with Crippen LogP contribution in [0.1, 0.15) is 16.2 Å². The van der Waals surface area contributed by atoms with Crippen LogP contribution in [0.25, 0.3) is 0 Å². The molecule has 1 fully saturated rings. The molecule has 1 aromatic heterocycles. The second-order valence-corrected chi connectivity index (χ2v) is 4.79. The number of aromatic nitrogens is 2. The summed E-state index contributed by atoms with van der Waals surface area (Å²) in [5.41, 5.74) is 0.132. The number of carboxylic acids is 1. The van der Waals surface area contributed by atoms with E-state index in [9.17, 15) is 4.79 Å². The molecule has 1 aliphatic heterocycles. The van der Waals surface area contributed by atoms with Gasteiger partial charge in [0.05, 0.1) is 5.56 Å². The molecule has 2 heterocycles. The van der Waals surface area contributed by atoms with Crippen molar-refractivity contribution in [3.63, 3.8) is 0 Å². The maximum Gasteiger partial charge on any atom is 0.338 e. The number of carbonyl (C=O) groups is 1. The Balaban J connectivity index is 2.02. The molecule has 1 aromatic rings. The predicted octanol–water partition coefficient (Wildman–Crippen LogP) is -0.0369. The molecule has 98 valence electrons. The number of rotatable bonds is 3. The van der Waals surface area contributed by atoms with E-state index in [2.05, 4.69) is 33.9 Å². The number of piperazine rings is 1. The minimum absolute atomic E-state index is 0.132. The Bertz CT molecular complexity index is 421. The van der Waals surface area contributed by atoms with E-state index in [4.69, 9.17) is 5.11 Å². The fourth-order valence-electron chi connectivity index (χ4n) is 2.10. The summed E-state index contributed by atoms with van der Waals surface area (Å²) >= 11 is 0. The Morgan fingerprint density at radius 3 is 2.67 bits per heavy atom. The van der Waals surface area contributed by atoms with Gasteiger partial charge >= 0.3 is 5.97 Å². The molecule has 0 amide bonds. The van der Waals surface area contributed by atoms with E-state index in [1.807, 2.05) is 0 Å². The number of hydrogen-bond donors (Lipinski definition) is 1. The highest BCUT2D eigenvalue weighted by atomic mass is 16.4. The monoisotopic (exact) mass is 250 g/mol. The molecule has 1 aliphatic rings. The Morgan fingerprint density at radius 1 is 1.39 bits per heavy atom. The predicted molar refractivity (Wildman–Crippen MR) is 66.6 cm³/mol. The highest BCUT2D eigenvalue weighted by Gasteiger charge is 2.23. The summed E-state index contributed by atoms with van der Waals surface area (Å²) in [5, 5.41) is 8.78. The molecule has 0 saturated carbocycles. The van der Waals surface area contributed by atoms with Gasteiger partial charge in [0.2, 0.25) is 0 Å². The van der Waals surface area contributed by atoms with Gasteiger partial charge in [-0.25, -0.2) is 14.8 Å². The average Bonchev–Trinajstić information content (AvgIpc) is 2.34. The van der Waals surface area contributed by atoms with Crippen LogP contribution in [-0.2, 0) is 6.42 Å². The van der Waals surface area contributed by atoms with Crippen LogP contribution in [0, 0.1) is 0 Å². The summed E-state index contributed by atoms with van der Waals surface area (Å²) < 4.78 is 0. The van der Waals surface area contributed by atoms with Crippen molar-refractivity contribution in [2.75, 3.05) is 33.7 Å². The van der Waals surface area contributed by atoms with Gasteiger partial charge in [0.1, 0.15) is 5.82 Å². The van der Waals surface area contributed by atoms with Gasteiger partial charge in [-0.05, 0) is 14.1 Å². The van der Waals surface area contributed by atoms with Crippen LogP contribution in [0.5, 0.6) is 0 Å². The van der Waals surface area contributed by atoms with Crippen LogP contribution in [0.2, 0.25) is 0 Å². The summed E-state index contributed by atoms with van der Waals surface area (Å²) in [6.45, 7) is 3.10. The average molecular weight is 250 g/mol. The van der Waals surface area contributed by atoms with Crippen molar-refractivity contribution in [2.24, 2.45) is 0 Å². The van der Waals surface area contributed by atoms with Crippen molar-refractivity contribution in [1.82, 2.24) is 19.8 Å². The van der Waals surface area contributed by atoms with Crippen LogP contribution >= 0.6 is 0 Å². The fourth-order valence-corrected chi connectivity index (χ4v) is 2.10. The first-order chi connectivity index (χ1) is 8.56. The third kappa shape index (κ3) is 3.02. The number of likely N-dealkylation sites (N-methyl/N-ethyl adjacent to an activating group) is 2. The van der Waals surface area contributed by atoms with E-state index in [1.165, 1.54) is 12.4 Å². The normalized spacial score (nSPS) is 22.0. The maximum absolute atomic E-state index is 10.7. The standard InChI is InChI=1S/C12H18N4O2/c1-15-3-4-16(2)10(8-15)5-11-13-6-9(7-14-11)12(17)18/h6-7,10H,3-5,8H2,1-2H3,(H,17,18). The van der Waals surface area contributed by atoms with Crippen LogP contribution < -0.4 is 0 Å². The minimum atomic E-state index is -0.990. The zero-order valence-electron chi connectivity index (χ0n) is 10.7. The largest absolute Gasteiger partial charge is 0.478 e. The Kier molecular flexibility index (Phi) is 3.88. The number of carboxylic acid groups (broad SMARTS) is 1. The molecule has 1 N–H and O–H groups in total. The lowest BCUT2D eigenvalue weighted by Gasteiger charge is -2.37. The second-order valence-electron chi connectivity index (χ2n) is 4.79. The summed E-state index contributed by atoms with van der Waals surface area (Å²) in [5.74, 6) is -0.289. The molecule has 18 heavy (non-hydrogen) atoms. The zero-order chi connectivity index (χ0) is 13.1. The summed E-state index contributed by atoms with van der Waals surface area (Å²) in [6.07, 6.45) is 3.50. The van der Waals surface area contributed by atoms with Crippen LogP contribution in [-0.4, -0.2) is 70.6 Å². The second kappa shape index (κ2) is 5.41. The van der Waals surface area contributed by atoms with Crippen LogP contribution in [0.4, 0.5) is 0 Å². The first-order valence-corrected chi connectivity index (χ1v) is 5.99. The quantitative estimate of drug-likeness (QED) is 0.812. The molecule has 0 spiro atoms. The van der Waals surface area contributed by atoms with Gasteiger partial charge in [0.25, 0.3) is 0 Å². The molecule has 0 bridgehead atoms. The van der Waals surface area contributed by atoms with Gasteiger partial charge in [0.15, 0.2) is 0 Å². The van der Waals surface area contributed by atoms with Crippen molar-refractivity contribution < 1.29 is 9.90 Å². The molecule has 0 aromatic carbocycles. The summed E-state index contributed by atoms with van der Waals surface area (Å²) in [6, 6.07) is 0.388. The van der Waals surface area contributed by atoms with E-state index in [-0.39, 0.29) is 5.56 Å². The van der Waals surface area contributed by atoms with E-state index in [0.717, 1.165) is 26.1 Å². The highest BCUT2D eigenvalue weighted by molar-refractivity contribution is 5.86. The van der Waals surface area contributed by atoms with Crippen molar-refractivity contribution in [3.05, 3.63) is 23.8 Å². The van der Waals surface area contributed by atoms with E-state index in [1.54, 1.807) is 0 Å². The van der Waals surface area contributed by atoms with E-state index < -0.39 is 5.97 Å². The minimum Gasteiger partial charge on any atom is -0.478 e. The van der Waals surface area contributed by atoms with Crippen LogP contribution in [0.3, 0.4) is 0 Å². The van der Waals surface area contributed by atoms with Crippen molar-refractivity contribution in [1.29, 1.82) is 0 Å². The summed E-state index contributed by atoms with van der Waals surface area (Å²) in [4.78, 5) is 23.5. The Labute approximate surface area is 106 Å². The van der Waals surface area contributed by atoms with Crippen LogP contribution in [0.15, 0.2) is 12.4 Å². The molecule has 1 unspecified atom stereocenters. The smallest absolute Gasteiger partial charge is 0.338 e. The van der Waals surface area contributed by atoms with E-state index >= 15 is 0 Å². The van der Waals surface area contributed by atoms with Gasteiger partial charge in [-0.1, -0.05) is 0 Å². The third-order valence-corrected chi connectivity index (χ3v) is 3.35. The highest BCUT2D eigenvalue weighted by Crippen LogP contribution is 2.10. The Morgan fingerprint density at radius 2 is 2.06 bits per heavy atom. The molecule has 0 radical (unpaired) electrons. The molecular formula is C12H18N4O2. The first kappa shape index (κ1) is 12.9. The molecule has 0 aliphatic carbocycles. The molecule has 1 saturated heterocycles. The molecule has 6 nitrogen and oxygen atoms in total. The molecule has 1 atom stereocenters. The molecule has 6 heteroatoms. The topological polar surface area (TPSA) is 69.6 Å². The zero-order valence-corrected chi connectivity index (χ0v) is 10.7. The van der Waals surface area contributed by atoms with Gasteiger partial charge in [-0.15, -0.1) is 0 Å². The van der Waals surface area contributed by atoms with Crippen molar-refractivity contribution in [3.8, 4) is 0 Å². The molecule has 2 rings (SSSR count). The lowest BCUT2D eigenvalue weighted by Crippen LogP contribution is -2.50. The van der Waals surface area contributed by atoms with Crippen molar-refractivity contribution >= 4 is 5.97 Å². The van der Waals surface area contributed by atoms with Crippen molar-refractivity contribution in [2.45, 2.75) is 12.5 Å². The number of aromatic carboxylic acids is 1. The van der Waals surface area contributed by atoms with Gasteiger partial charge in [-0.2, -0.15) is 0 Å². The van der Waals surface area contributed by atoms with Gasteiger partial charge in [0, 0.05) is 44.5 Å². The lowest BCUT2D eigenvalue weighted by molar-refractivity contribution is 0.0696. The summed E-state index contributed by atoms with van der Waals surface area (Å²) in [7, 11) is 4.21. The fraction of sp³-hybridized carbons (Fsp3) is 0.583. The Hall–Kier alpha value is -1.53. The third-order valence-electron chi connectivity index (χ3n) is 3.35. The first-order valence-electron chi connectivity index (χ1n) is 5.99. The number of nitrogens with zero attached hydrogens (tertiary/aromatic N) is 4. The number of hydrogen-bond acceptors (Lipinski definition) is 5. The van der Waals surface area contributed by atoms with E-state index in [0.29, 0.717) is 11.9 Å². The maximum atomic E-state index is 10.7. The van der Waals surface area contributed by atoms with Gasteiger partial charge < -0.3 is 14.9 Å². The SMILES string of the molecule is CN1CCN(C)C(Cc2ncc(C(=O)O)cn2)C1. The molecular weight excluding hydrogens is 232 g/mol. The lowest BCUT2D eigenvalue weighted by atomic mass is 10.1.